The Morgan fingerprint density at radius 1 is 1.25 bits per heavy atom. The Labute approximate surface area is 73.7 Å². The Morgan fingerprint density at radius 3 is 2.33 bits per heavy atom. The molecule has 0 aromatic rings. The van der Waals surface area contributed by atoms with Gasteiger partial charge in [0.25, 0.3) is 0 Å². The highest BCUT2D eigenvalue weighted by Crippen LogP contribution is 2.29. The van der Waals surface area contributed by atoms with Crippen LogP contribution in [0.3, 0.4) is 0 Å². The van der Waals surface area contributed by atoms with Crippen LogP contribution in [0.5, 0.6) is 0 Å². The van der Waals surface area contributed by atoms with E-state index in [1.807, 2.05) is 13.8 Å². The van der Waals surface area contributed by atoms with Crippen molar-refractivity contribution < 1.29 is 14.6 Å². The minimum atomic E-state index is -0.521. The number of hydrogen-bond donors (Lipinski definition) is 1. The van der Waals surface area contributed by atoms with Gasteiger partial charge >= 0.3 is 0 Å². The lowest BCUT2D eigenvalue weighted by atomic mass is 10.1. The largest absolute Gasteiger partial charge is 0.394 e. The van der Waals surface area contributed by atoms with Crippen molar-refractivity contribution >= 4 is 0 Å². The van der Waals surface area contributed by atoms with Gasteiger partial charge in [-0.1, -0.05) is 13.3 Å². The maximum absolute atomic E-state index is 8.99. The Morgan fingerprint density at radius 2 is 1.83 bits per heavy atom. The average Bonchev–Trinajstić information content (AvgIpc) is 2.26. The standard InChI is InChI=1S/C9H18O3/c1-4-5-7-8(6-10)12-9(2,3)11-7/h7-8,10H,4-6H2,1-3H3/t7-,8+/m0/s1. The van der Waals surface area contributed by atoms with Gasteiger partial charge < -0.3 is 14.6 Å². The van der Waals surface area contributed by atoms with Crippen LogP contribution >= 0.6 is 0 Å². The molecule has 1 saturated heterocycles. The van der Waals surface area contributed by atoms with Gasteiger partial charge in [-0.25, -0.2) is 0 Å². The van der Waals surface area contributed by atoms with Crippen LogP contribution in [0, 0.1) is 0 Å². The van der Waals surface area contributed by atoms with Crippen LogP contribution in [-0.4, -0.2) is 29.7 Å². The fourth-order valence-corrected chi connectivity index (χ4v) is 1.59. The topological polar surface area (TPSA) is 38.7 Å². The van der Waals surface area contributed by atoms with Gasteiger partial charge in [0.15, 0.2) is 5.79 Å². The molecule has 1 aliphatic rings. The van der Waals surface area contributed by atoms with E-state index in [2.05, 4.69) is 6.92 Å². The summed E-state index contributed by atoms with van der Waals surface area (Å²) in [7, 11) is 0. The summed E-state index contributed by atoms with van der Waals surface area (Å²) in [5, 5.41) is 8.99. The quantitative estimate of drug-likeness (QED) is 0.701. The monoisotopic (exact) mass is 174 g/mol. The smallest absolute Gasteiger partial charge is 0.163 e. The molecule has 0 spiro atoms. The molecule has 72 valence electrons. The first-order valence-corrected chi connectivity index (χ1v) is 4.55. The molecule has 1 heterocycles. The Hall–Kier alpha value is -0.120. The fourth-order valence-electron chi connectivity index (χ4n) is 1.59. The molecule has 0 aromatic heterocycles. The molecule has 2 atom stereocenters. The van der Waals surface area contributed by atoms with Crippen molar-refractivity contribution in [1.29, 1.82) is 0 Å². The van der Waals surface area contributed by atoms with E-state index in [4.69, 9.17) is 14.6 Å². The van der Waals surface area contributed by atoms with Crippen molar-refractivity contribution in [3.63, 3.8) is 0 Å². The van der Waals surface area contributed by atoms with Gasteiger partial charge in [0.2, 0.25) is 0 Å². The van der Waals surface area contributed by atoms with Crippen molar-refractivity contribution in [3.05, 3.63) is 0 Å². The van der Waals surface area contributed by atoms with Gasteiger partial charge in [-0.3, -0.25) is 0 Å². The summed E-state index contributed by atoms with van der Waals surface area (Å²) in [6.45, 7) is 5.91. The van der Waals surface area contributed by atoms with Crippen molar-refractivity contribution in [3.8, 4) is 0 Å². The molecule has 12 heavy (non-hydrogen) atoms. The van der Waals surface area contributed by atoms with Crippen LogP contribution in [0.2, 0.25) is 0 Å². The fraction of sp³-hybridized carbons (Fsp3) is 1.00. The minimum Gasteiger partial charge on any atom is -0.394 e. The lowest BCUT2D eigenvalue weighted by Crippen LogP contribution is -2.25. The van der Waals surface area contributed by atoms with E-state index in [-0.39, 0.29) is 18.8 Å². The Kier molecular flexibility index (Phi) is 3.09. The van der Waals surface area contributed by atoms with Crippen molar-refractivity contribution in [2.75, 3.05) is 6.61 Å². The molecule has 0 aromatic carbocycles. The predicted octanol–water partition coefficient (Wildman–Crippen LogP) is 1.30. The number of aliphatic hydroxyl groups is 1. The summed E-state index contributed by atoms with van der Waals surface area (Å²) in [5.41, 5.74) is 0. The summed E-state index contributed by atoms with van der Waals surface area (Å²) in [6.07, 6.45) is 1.94. The highest BCUT2D eigenvalue weighted by molar-refractivity contribution is 4.80. The summed E-state index contributed by atoms with van der Waals surface area (Å²) in [4.78, 5) is 0. The maximum atomic E-state index is 8.99. The van der Waals surface area contributed by atoms with Crippen LogP contribution in [0.25, 0.3) is 0 Å². The van der Waals surface area contributed by atoms with E-state index in [0.717, 1.165) is 12.8 Å². The molecule has 1 fully saturated rings. The molecule has 0 radical (unpaired) electrons. The van der Waals surface area contributed by atoms with E-state index in [9.17, 15) is 0 Å². The van der Waals surface area contributed by atoms with E-state index in [1.165, 1.54) is 0 Å². The van der Waals surface area contributed by atoms with Crippen LogP contribution in [0.15, 0.2) is 0 Å². The molecule has 3 nitrogen and oxygen atoms in total. The van der Waals surface area contributed by atoms with E-state index in [1.54, 1.807) is 0 Å². The predicted molar refractivity (Wildman–Crippen MR) is 45.8 cm³/mol. The van der Waals surface area contributed by atoms with Crippen molar-refractivity contribution in [1.82, 2.24) is 0 Å². The second kappa shape index (κ2) is 3.73. The minimum absolute atomic E-state index is 0.0497. The van der Waals surface area contributed by atoms with E-state index in [0.29, 0.717) is 0 Å². The number of rotatable bonds is 3. The molecule has 1 N–H and O–H groups in total. The molecule has 0 aliphatic carbocycles. The summed E-state index contributed by atoms with van der Waals surface area (Å²) in [6, 6.07) is 0. The second-order valence-corrected chi connectivity index (χ2v) is 3.68. The van der Waals surface area contributed by atoms with Crippen molar-refractivity contribution in [2.45, 2.75) is 51.6 Å². The average molecular weight is 174 g/mol. The third-order valence-corrected chi connectivity index (χ3v) is 2.04. The van der Waals surface area contributed by atoms with Crippen molar-refractivity contribution in [2.24, 2.45) is 0 Å². The molecule has 0 unspecified atom stereocenters. The SMILES string of the molecule is CCC[C@@H]1OC(C)(C)O[C@@H]1CO. The van der Waals surface area contributed by atoms with Gasteiger partial charge in [0, 0.05) is 0 Å². The van der Waals surface area contributed by atoms with Crippen LogP contribution in [0.1, 0.15) is 33.6 Å². The molecule has 1 aliphatic heterocycles. The highest BCUT2D eigenvalue weighted by Gasteiger charge is 2.39. The molecule has 0 saturated carbocycles. The van der Waals surface area contributed by atoms with Gasteiger partial charge in [-0.2, -0.15) is 0 Å². The molecular weight excluding hydrogens is 156 g/mol. The normalized spacial score (nSPS) is 34.0. The number of ether oxygens (including phenoxy) is 2. The zero-order valence-corrected chi connectivity index (χ0v) is 8.04. The first kappa shape index (κ1) is 9.96. The van der Waals surface area contributed by atoms with Gasteiger partial charge in [0.1, 0.15) is 6.10 Å². The molecule has 3 heteroatoms. The zero-order valence-electron chi connectivity index (χ0n) is 8.04. The van der Waals surface area contributed by atoms with E-state index < -0.39 is 5.79 Å². The molecule has 0 amide bonds. The second-order valence-electron chi connectivity index (χ2n) is 3.68. The summed E-state index contributed by atoms with van der Waals surface area (Å²) >= 11 is 0. The van der Waals surface area contributed by atoms with Gasteiger partial charge in [0.05, 0.1) is 12.7 Å². The first-order chi connectivity index (χ1) is 5.59. The summed E-state index contributed by atoms with van der Waals surface area (Å²) in [5.74, 6) is -0.521. The lowest BCUT2D eigenvalue weighted by Gasteiger charge is -2.16. The molecule has 1 rings (SSSR count). The lowest BCUT2D eigenvalue weighted by molar-refractivity contribution is -0.149. The highest BCUT2D eigenvalue weighted by atomic mass is 16.8. The van der Waals surface area contributed by atoms with Gasteiger partial charge in [-0.15, -0.1) is 0 Å². The number of hydrogen-bond acceptors (Lipinski definition) is 3. The number of aliphatic hydroxyl groups excluding tert-OH is 1. The molecular formula is C9H18O3. The third-order valence-electron chi connectivity index (χ3n) is 2.04. The Balaban J connectivity index is 2.50. The summed E-state index contributed by atoms with van der Waals surface area (Å²) < 4.78 is 11.1. The Bertz CT molecular complexity index is 145. The van der Waals surface area contributed by atoms with E-state index >= 15 is 0 Å². The van der Waals surface area contributed by atoms with Gasteiger partial charge in [-0.05, 0) is 20.3 Å². The molecule has 0 bridgehead atoms. The third kappa shape index (κ3) is 2.19. The zero-order chi connectivity index (χ0) is 9.19. The van der Waals surface area contributed by atoms with Crippen LogP contribution in [-0.2, 0) is 9.47 Å². The maximum Gasteiger partial charge on any atom is 0.163 e. The first-order valence-electron chi connectivity index (χ1n) is 4.55. The van der Waals surface area contributed by atoms with Crippen LogP contribution < -0.4 is 0 Å². The van der Waals surface area contributed by atoms with Crippen LogP contribution in [0.4, 0.5) is 0 Å².